The number of rotatable bonds is 3. The maximum Gasteiger partial charge on any atom is 0.200 e. The van der Waals surface area contributed by atoms with Gasteiger partial charge in [-0.3, -0.25) is 4.98 Å². The second-order valence-corrected chi connectivity index (χ2v) is 3.62. The maximum absolute atomic E-state index is 9.17. The molecule has 5 heteroatoms. The number of hydrogen-bond donors (Lipinski definition) is 2. The van der Waals surface area contributed by atoms with Crippen LogP contribution in [0.1, 0.15) is 30.2 Å². The standard InChI is InChI=1S/C11H15NO4/c1-2-10-15-6-8-7(4-13)3-12-9(5-14)11(8)16-10/h3,10,13-14H,2,4-6H2,1H3. The molecule has 2 N–H and O–H groups in total. The predicted octanol–water partition coefficient (Wildman–Crippen LogP) is 0.711. The molecule has 0 saturated heterocycles. The average molecular weight is 225 g/mol. The number of fused-ring (bicyclic) bond motifs is 1. The lowest BCUT2D eigenvalue weighted by Crippen LogP contribution is -2.26. The van der Waals surface area contributed by atoms with Gasteiger partial charge in [-0.2, -0.15) is 0 Å². The van der Waals surface area contributed by atoms with Crippen molar-refractivity contribution in [3.63, 3.8) is 0 Å². The quantitative estimate of drug-likeness (QED) is 0.792. The van der Waals surface area contributed by atoms with Crippen LogP contribution < -0.4 is 4.74 Å². The number of nitrogens with zero attached hydrogens (tertiary/aromatic N) is 1. The van der Waals surface area contributed by atoms with Crippen molar-refractivity contribution in [2.24, 2.45) is 0 Å². The summed E-state index contributed by atoms with van der Waals surface area (Å²) in [7, 11) is 0. The van der Waals surface area contributed by atoms with E-state index in [-0.39, 0.29) is 19.5 Å². The molecule has 0 bridgehead atoms. The Bertz CT molecular complexity index is 380. The van der Waals surface area contributed by atoms with Crippen molar-refractivity contribution >= 4 is 0 Å². The zero-order valence-electron chi connectivity index (χ0n) is 9.14. The molecule has 88 valence electrons. The first kappa shape index (κ1) is 11.3. The summed E-state index contributed by atoms with van der Waals surface area (Å²) < 4.78 is 11.0. The van der Waals surface area contributed by atoms with Crippen molar-refractivity contribution in [2.45, 2.75) is 39.5 Å². The van der Waals surface area contributed by atoms with Crippen LogP contribution >= 0.6 is 0 Å². The molecule has 5 nitrogen and oxygen atoms in total. The first-order valence-electron chi connectivity index (χ1n) is 5.29. The van der Waals surface area contributed by atoms with E-state index in [1.54, 1.807) is 6.20 Å². The van der Waals surface area contributed by atoms with E-state index >= 15 is 0 Å². The summed E-state index contributed by atoms with van der Waals surface area (Å²) in [5, 5.41) is 18.3. The van der Waals surface area contributed by atoms with Crippen molar-refractivity contribution in [2.75, 3.05) is 0 Å². The van der Waals surface area contributed by atoms with Crippen LogP contribution in [0.25, 0.3) is 0 Å². The maximum atomic E-state index is 9.17. The van der Waals surface area contributed by atoms with E-state index in [0.717, 1.165) is 12.0 Å². The van der Waals surface area contributed by atoms with E-state index in [4.69, 9.17) is 14.6 Å². The molecule has 1 aromatic heterocycles. The lowest BCUT2D eigenvalue weighted by atomic mass is 10.1. The van der Waals surface area contributed by atoms with E-state index in [1.165, 1.54) is 0 Å². The fraction of sp³-hybridized carbons (Fsp3) is 0.545. The largest absolute Gasteiger partial charge is 0.463 e. The Labute approximate surface area is 93.7 Å². The third kappa shape index (κ3) is 1.89. The van der Waals surface area contributed by atoms with Crippen molar-refractivity contribution in [3.8, 4) is 5.75 Å². The number of hydrogen-bond acceptors (Lipinski definition) is 5. The molecule has 1 atom stereocenters. The van der Waals surface area contributed by atoms with Crippen LogP contribution in [0, 0.1) is 0 Å². The van der Waals surface area contributed by atoms with Gasteiger partial charge in [0.25, 0.3) is 0 Å². The fourth-order valence-corrected chi connectivity index (χ4v) is 1.70. The highest BCUT2D eigenvalue weighted by Gasteiger charge is 2.24. The van der Waals surface area contributed by atoms with Gasteiger partial charge in [0, 0.05) is 23.7 Å². The van der Waals surface area contributed by atoms with Crippen LogP contribution in [-0.2, 0) is 24.6 Å². The number of aliphatic hydroxyl groups excluding tert-OH is 2. The van der Waals surface area contributed by atoms with Crippen molar-refractivity contribution in [1.82, 2.24) is 4.98 Å². The number of aromatic nitrogens is 1. The molecule has 0 fully saturated rings. The smallest absolute Gasteiger partial charge is 0.200 e. The number of ether oxygens (including phenoxy) is 2. The SMILES string of the molecule is CCC1OCc2c(CO)cnc(CO)c2O1. The summed E-state index contributed by atoms with van der Waals surface area (Å²) in [6, 6.07) is 0. The topological polar surface area (TPSA) is 71.8 Å². The van der Waals surface area contributed by atoms with Crippen LogP contribution in [0.4, 0.5) is 0 Å². The highest BCUT2D eigenvalue weighted by Crippen LogP contribution is 2.32. The molecule has 1 aliphatic heterocycles. The van der Waals surface area contributed by atoms with Gasteiger partial charge in [0.15, 0.2) is 12.0 Å². The molecule has 0 spiro atoms. The molecule has 1 aromatic rings. The molecule has 1 unspecified atom stereocenters. The molecular formula is C11H15NO4. The second-order valence-electron chi connectivity index (χ2n) is 3.62. The lowest BCUT2D eigenvalue weighted by molar-refractivity contribution is -0.110. The molecular weight excluding hydrogens is 210 g/mol. The normalized spacial score (nSPS) is 19.1. The Hall–Kier alpha value is -1.17. The van der Waals surface area contributed by atoms with Crippen LogP contribution in [0.3, 0.4) is 0 Å². The van der Waals surface area contributed by atoms with Gasteiger partial charge in [-0.25, -0.2) is 0 Å². The van der Waals surface area contributed by atoms with E-state index in [0.29, 0.717) is 23.6 Å². The van der Waals surface area contributed by atoms with Gasteiger partial charge < -0.3 is 19.7 Å². The monoisotopic (exact) mass is 225 g/mol. The summed E-state index contributed by atoms with van der Waals surface area (Å²) in [6.45, 7) is 2.06. The Morgan fingerprint density at radius 3 is 2.88 bits per heavy atom. The molecule has 2 heterocycles. The minimum absolute atomic E-state index is 0.107. The molecule has 0 saturated carbocycles. The van der Waals surface area contributed by atoms with Gasteiger partial charge >= 0.3 is 0 Å². The third-order valence-electron chi connectivity index (χ3n) is 2.62. The van der Waals surface area contributed by atoms with E-state index in [1.807, 2.05) is 6.92 Å². The van der Waals surface area contributed by atoms with Crippen molar-refractivity contribution in [1.29, 1.82) is 0 Å². The van der Waals surface area contributed by atoms with Crippen molar-refractivity contribution in [3.05, 3.63) is 23.0 Å². The van der Waals surface area contributed by atoms with E-state index < -0.39 is 0 Å². The third-order valence-corrected chi connectivity index (χ3v) is 2.62. The van der Waals surface area contributed by atoms with Gasteiger partial charge in [-0.05, 0) is 0 Å². The highest BCUT2D eigenvalue weighted by atomic mass is 16.7. The van der Waals surface area contributed by atoms with Crippen LogP contribution in [0.2, 0.25) is 0 Å². The van der Waals surface area contributed by atoms with Gasteiger partial charge in [-0.15, -0.1) is 0 Å². The fourth-order valence-electron chi connectivity index (χ4n) is 1.70. The van der Waals surface area contributed by atoms with Crippen LogP contribution in [0.5, 0.6) is 5.75 Å². The highest BCUT2D eigenvalue weighted by molar-refractivity contribution is 5.42. The second kappa shape index (κ2) is 4.78. The zero-order chi connectivity index (χ0) is 11.5. The molecule has 2 rings (SSSR count). The Morgan fingerprint density at radius 1 is 1.44 bits per heavy atom. The summed E-state index contributed by atoms with van der Waals surface area (Å²) in [5.74, 6) is 0.562. The Balaban J connectivity index is 2.42. The first-order valence-corrected chi connectivity index (χ1v) is 5.29. The summed E-state index contributed by atoms with van der Waals surface area (Å²) in [5.41, 5.74) is 1.96. The summed E-state index contributed by atoms with van der Waals surface area (Å²) >= 11 is 0. The Morgan fingerprint density at radius 2 is 2.25 bits per heavy atom. The molecule has 0 radical (unpaired) electrons. The number of aliphatic hydroxyl groups is 2. The van der Waals surface area contributed by atoms with Gasteiger partial charge in [0.2, 0.25) is 0 Å². The molecule has 0 aliphatic carbocycles. The van der Waals surface area contributed by atoms with Crippen LogP contribution in [0.15, 0.2) is 6.20 Å². The van der Waals surface area contributed by atoms with Crippen LogP contribution in [-0.4, -0.2) is 21.5 Å². The lowest BCUT2D eigenvalue weighted by Gasteiger charge is -2.27. The predicted molar refractivity (Wildman–Crippen MR) is 55.6 cm³/mol. The molecule has 0 aromatic carbocycles. The first-order chi connectivity index (χ1) is 7.80. The average Bonchev–Trinajstić information content (AvgIpc) is 2.36. The van der Waals surface area contributed by atoms with E-state index in [9.17, 15) is 5.11 Å². The van der Waals surface area contributed by atoms with Gasteiger partial charge in [0.05, 0.1) is 19.8 Å². The number of pyridine rings is 1. The minimum Gasteiger partial charge on any atom is -0.463 e. The molecule has 16 heavy (non-hydrogen) atoms. The van der Waals surface area contributed by atoms with Gasteiger partial charge in [-0.1, -0.05) is 6.92 Å². The summed E-state index contributed by atoms with van der Waals surface area (Å²) in [6.07, 6.45) is 1.98. The molecule has 1 aliphatic rings. The molecule has 0 amide bonds. The van der Waals surface area contributed by atoms with Gasteiger partial charge in [0.1, 0.15) is 5.69 Å². The van der Waals surface area contributed by atoms with Crippen molar-refractivity contribution < 1.29 is 19.7 Å². The Kier molecular flexibility index (Phi) is 3.38. The van der Waals surface area contributed by atoms with E-state index in [2.05, 4.69) is 4.98 Å². The minimum atomic E-state index is -0.298. The zero-order valence-corrected chi connectivity index (χ0v) is 9.14. The summed E-state index contributed by atoms with van der Waals surface area (Å²) in [4.78, 5) is 4.06.